The molecule has 0 saturated carbocycles. The molecule has 78 valence electrons. The Bertz CT molecular complexity index is 272. The van der Waals surface area contributed by atoms with E-state index in [-0.39, 0.29) is 11.8 Å². The van der Waals surface area contributed by atoms with Gasteiger partial charge in [-0.2, -0.15) is 0 Å². The third-order valence-corrected chi connectivity index (χ3v) is 2.74. The molecule has 0 spiro atoms. The molecule has 0 unspecified atom stereocenters. The van der Waals surface area contributed by atoms with E-state index < -0.39 is 5.67 Å². The van der Waals surface area contributed by atoms with Gasteiger partial charge >= 0.3 is 0 Å². The van der Waals surface area contributed by atoms with Gasteiger partial charge in [-0.15, -0.1) is 0 Å². The molecule has 0 saturated heterocycles. The van der Waals surface area contributed by atoms with Gasteiger partial charge in [-0.3, -0.25) is 4.98 Å². The van der Waals surface area contributed by atoms with Gasteiger partial charge in [-0.25, -0.2) is 4.39 Å². The van der Waals surface area contributed by atoms with E-state index in [0.29, 0.717) is 5.69 Å². The van der Waals surface area contributed by atoms with Crippen LogP contribution in [0.25, 0.3) is 0 Å². The summed E-state index contributed by atoms with van der Waals surface area (Å²) in [4.78, 5) is 4.12. The zero-order valence-electron chi connectivity index (χ0n) is 9.29. The van der Waals surface area contributed by atoms with Crippen molar-refractivity contribution in [3.05, 3.63) is 30.1 Å². The Kier molecular flexibility index (Phi) is 3.25. The molecule has 0 aromatic carbocycles. The average Bonchev–Trinajstić information content (AvgIpc) is 2.17. The lowest BCUT2D eigenvalue weighted by atomic mass is 9.79. The van der Waals surface area contributed by atoms with Gasteiger partial charge in [-0.05, 0) is 24.0 Å². The Morgan fingerprint density at radius 2 is 1.71 bits per heavy atom. The highest BCUT2D eigenvalue weighted by atomic mass is 19.1. The number of hydrogen-bond donors (Lipinski definition) is 0. The van der Waals surface area contributed by atoms with Crippen molar-refractivity contribution in [3.63, 3.8) is 0 Å². The molecule has 0 N–H and O–H groups in total. The standard InChI is InChI=1S/C12H18FN/c1-9(2)12(13,10(3)4)11-7-5-6-8-14-11/h5-10H,1-4H3. The van der Waals surface area contributed by atoms with E-state index in [9.17, 15) is 4.39 Å². The van der Waals surface area contributed by atoms with Crippen molar-refractivity contribution in [2.75, 3.05) is 0 Å². The largest absolute Gasteiger partial charge is 0.258 e. The smallest absolute Gasteiger partial charge is 0.157 e. The van der Waals surface area contributed by atoms with Crippen molar-refractivity contribution in [2.45, 2.75) is 33.4 Å². The van der Waals surface area contributed by atoms with Crippen molar-refractivity contribution in [1.29, 1.82) is 0 Å². The molecule has 14 heavy (non-hydrogen) atoms. The van der Waals surface area contributed by atoms with Gasteiger partial charge in [0.15, 0.2) is 5.67 Å². The maximum atomic E-state index is 14.7. The fourth-order valence-corrected chi connectivity index (χ4v) is 1.85. The van der Waals surface area contributed by atoms with Crippen LogP contribution in [-0.2, 0) is 5.67 Å². The number of pyridine rings is 1. The summed E-state index contributed by atoms with van der Waals surface area (Å²) in [7, 11) is 0. The van der Waals surface area contributed by atoms with Crippen LogP contribution in [0.15, 0.2) is 24.4 Å². The van der Waals surface area contributed by atoms with E-state index in [1.165, 1.54) is 0 Å². The van der Waals surface area contributed by atoms with Gasteiger partial charge in [0, 0.05) is 6.20 Å². The van der Waals surface area contributed by atoms with E-state index in [0.717, 1.165) is 0 Å². The minimum absolute atomic E-state index is 0.0580. The summed E-state index contributed by atoms with van der Waals surface area (Å²) in [5.41, 5.74) is -0.772. The second-order valence-corrected chi connectivity index (χ2v) is 4.29. The summed E-state index contributed by atoms with van der Waals surface area (Å²) in [6.07, 6.45) is 1.65. The maximum Gasteiger partial charge on any atom is 0.157 e. The van der Waals surface area contributed by atoms with Crippen LogP contribution in [0.2, 0.25) is 0 Å². The minimum atomic E-state index is -1.32. The lowest BCUT2D eigenvalue weighted by Crippen LogP contribution is -2.33. The van der Waals surface area contributed by atoms with Gasteiger partial charge in [0.05, 0.1) is 5.69 Å². The highest BCUT2D eigenvalue weighted by molar-refractivity contribution is 5.15. The van der Waals surface area contributed by atoms with Crippen LogP contribution in [-0.4, -0.2) is 4.98 Å². The fraction of sp³-hybridized carbons (Fsp3) is 0.583. The summed E-state index contributed by atoms with van der Waals surface area (Å²) in [5.74, 6) is -0.116. The second-order valence-electron chi connectivity index (χ2n) is 4.29. The number of aromatic nitrogens is 1. The summed E-state index contributed by atoms with van der Waals surface area (Å²) in [6, 6.07) is 5.41. The molecule has 1 aromatic heterocycles. The predicted molar refractivity (Wildman–Crippen MR) is 56.7 cm³/mol. The van der Waals surface area contributed by atoms with E-state index in [1.54, 1.807) is 12.3 Å². The first kappa shape index (κ1) is 11.2. The predicted octanol–water partition coefficient (Wildman–Crippen LogP) is 3.56. The van der Waals surface area contributed by atoms with E-state index in [1.807, 2.05) is 39.8 Å². The van der Waals surface area contributed by atoms with Crippen molar-refractivity contribution in [2.24, 2.45) is 11.8 Å². The zero-order valence-corrected chi connectivity index (χ0v) is 9.29. The number of nitrogens with zero attached hydrogens (tertiary/aromatic N) is 1. The van der Waals surface area contributed by atoms with Crippen LogP contribution in [0.4, 0.5) is 4.39 Å². The summed E-state index contributed by atoms with van der Waals surface area (Å²) in [6.45, 7) is 7.59. The molecule has 0 radical (unpaired) electrons. The molecule has 0 fully saturated rings. The first-order chi connectivity index (χ1) is 6.49. The second kappa shape index (κ2) is 4.07. The Morgan fingerprint density at radius 1 is 1.14 bits per heavy atom. The van der Waals surface area contributed by atoms with E-state index in [2.05, 4.69) is 4.98 Å². The summed E-state index contributed by atoms with van der Waals surface area (Å²) in [5, 5.41) is 0. The third kappa shape index (κ3) is 1.79. The van der Waals surface area contributed by atoms with Gasteiger partial charge in [-0.1, -0.05) is 33.8 Å². The van der Waals surface area contributed by atoms with Crippen LogP contribution in [0.1, 0.15) is 33.4 Å². The first-order valence-corrected chi connectivity index (χ1v) is 5.10. The lowest BCUT2D eigenvalue weighted by molar-refractivity contribution is 0.0382. The topological polar surface area (TPSA) is 12.9 Å². The highest BCUT2D eigenvalue weighted by Gasteiger charge is 2.40. The Balaban J connectivity index is 3.13. The molecule has 1 rings (SSSR count). The van der Waals surface area contributed by atoms with Crippen LogP contribution < -0.4 is 0 Å². The number of rotatable bonds is 3. The first-order valence-electron chi connectivity index (χ1n) is 5.10. The molecule has 0 aliphatic carbocycles. The molecule has 0 aliphatic rings. The molecule has 0 aliphatic heterocycles. The highest BCUT2D eigenvalue weighted by Crippen LogP contribution is 2.39. The van der Waals surface area contributed by atoms with Crippen LogP contribution in [0, 0.1) is 11.8 Å². The van der Waals surface area contributed by atoms with E-state index in [4.69, 9.17) is 0 Å². The molecular weight excluding hydrogens is 177 g/mol. The molecule has 2 heteroatoms. The van der Waals surface area contributed by atoms with Crippen molar-refractivity contribution in [3.8, 4) is 0 Å². The maximum absolute atomic E-state index is 14.7. The van der Waals surface area contributed by atoms with Crippen molar-refractivity contribution < 1.29 is 4.39 Å². The van der Waals surface area contributed by atoms with E-state index >= 15 is 0 Å². The lowest BCUT2D eigenvalue weighted by Gasteiger charge is -2.32. The van der Waals surface area contributed by atoms with Crippen LogP contribution >= 0.6 is 0 Å². The molecule has 1 nitrogen and oxygen atoms in total. The molecular formula is C12H18FN. The Labute approximate surface area is 85.4 Å². The molecule has 1 heterocycles. The summed E-state index contributed by atoms with van der Waals surface area (Å²) < 4.78 is 14.7. The Hall–Kier alpha value is -0.920. The monoisotopic (exact) mass is 195 g/mol. The third-order valence-electron chi connectivity index (χ3n) is 2.74. The minimum Gasteiger partial charge on any atom is -0.258 e. The van der Waals surface area contributed by atoms with Gasteiger partial charge in [0.25, 0.3) is 0 Å². The SMILES string of the molecule is CC(C)C(F)(c1ccccn1)C(C)C. The summed E-state index contributed by atoms with van der Waals surface area (Å²) >= 11 is 0. The average molecular weight is 195 g/mol. The number of alkyl halides is 1. The quantitative estimate of drug-likeness (QED) is 0.718. The fourth-order valence-electron chi connectivity index (χ4n) is 1.85. The van der Waals surface area contributed by atoms with Gasteiger partial charge in [0.2, 0.25) is 0 Å². The number of halogens is 1. The van der Waals surface area contributed by atoms with Crippen LogP contribution in [0.5, 0.6) is 0 Å². The zero-order chi connectivity index (χ0) is 10.8. The molecule has 1 aromatic rings. The Morgan fingerprint density at radius 3 is 2.07 bits per heavy atom. The molecule has 0 bridgehead atoms. The van der Waals surface area contributed by atoms with Crippen molar-refractivity contribution in [1.82, 2.24) is 4.98 Å². The van der Waals surface area contributed by atoms with Crippen molar-refractivity contribution >= 4 is 0 Å². The van der Waals surface area contributed by atoms with Gasteiger partial charge < -0.3 is 0 Å². The normalized spacial score (nSPS) is 12.5. The number of hydrogen-bond acceptors (Lipinski definition) is 1. The molecule has 0 atom stereocenters. The van der Waals surface area contributed by atoms with Gasteiger partial charge in [0.1, 0.15) is 0 Å². The van der Waals surface area contributed by atoms with Crippen LogP contribution in [0.3, 0.4) is 0 Å². The molecule has 0 amide bonds.